The number of hydrogen-bond acceptors (Lipinski definition) is 5. The van der Waals surface area contributed by atoms with Gasteiger partial charge < -0.3 is 9.30 Å². The Morgan fingerprint density at radius 1 is 1.09 bits per heavy atom. The van der Waals surface area contributed by atoms with Crippen LogP contribution in [-0.4, -0.2) is 32.9 Å². The van der Waals surface area contributed by atoms with Crippen molar-refractivity contribution in [1.82, 2.24) is 19.8 Å². The maximum atomic E-state index is 14.1. The van der Waals surface area contributed by atoms with Crippen LogP contribution in [-0.2, 0) is 31.5 Å². The van der Waals surface area contributed by atoms with Gasteiger partial charge in [-0.1, -0.05) is 48.4 Å². The molecule has 2 fully saturated rings. The van der Waals surface area contributed by atoms with Gasteiger partial charge in [-0.15, -0.1) is 0 Å². The number of halogens is 2. The molecule has 3 aromatic carbocycles. The first-order valence-corrected chi connectivity index (χ1v) is 15.4. The Kier molecular flexibility index (Phi) is 7.60. The summed E-state index contributed by atoms with van der Waals surface area (Å²) in [5.41, 5.74) is 5.22. The molecule has 8 nitrogen and oxygen atoms in total. The Morgan fingerprint density at radius 2 is 1.91 bits per heavy atom. The van der Waals surface area contributed by atoms with Gasteiger partial charge in [-0.25, -0.2) is 14.2 Å². The number of nitrogens with one attached hydrogen (secondary N) is 1. The summed E-state index contributed by atoms with van der Waals surface area (Å²) in [4.78, 5) is 32.9. The average molecular weight is 614 g/mol. The maximum Gasteiger partial charge on any atom is 0.329 e. The second-order valence-corrected chi connectivity index (χ2v) is 12.2. The summed E-state index contributed by atoms with van der Waals surface area (Å²) < 4.78 is 21.9. The van der Waals surface area contributed by atoms with E-state index in [-0.39, 0.29) is 24.8 Å². The fraction of sp³-hybridized carbons (Fsp3) is 0.324. The van der Waals surface area contributed by atoms with Crippen LogP contribution >= 0.6 is 11.6 Å². The molecule has 1 unspecified atom stereocenters. The number of fused-ring (bicyclic) bond motifs is 1. The fourth-order valence-corrected chi connectivity index (χ4v) is 6.80. The molecule has 1 atom stereocenters. The van der Waals surface area contributed by atoms with Gasteiger partial charge in [0.2, 0.25) is 5.91 Å². The molecule has 2 aliphatic heterocycles. The van der Waals surface area contributed by atoms with Crippen LogP contribution < -0.4 is 15.0 Å². The Bertz CT molecular complexity index is 1720. The highest BCUT2D eigenvalue weighted by atomic mass is 35.5. The number of hydrogen-bond donors (Lipinski definition) is 1. The number of imidazole rings is 1. The molecule has 4 aromatic rings. The van der Waals surface area contributed by atoms with Gasteiger partial charge in [0.1, 0.15) is 29.8 Å². The van der Waals surface area contributed by atoms with Crippen molar-refractivity contribution in [2.24, 2.45) is 13.0 Å². The van der Waals surface area contributed by atoms with E-state index in [1.165, 1.54) is 42.0 Å². The number of ether oxygens (including phenoxy) is 1. The molecular formula is C34H33ClFN5O3. The predicted octanol–water partition coefficient (Wildman–Crippen LogP) is 6.76. The van der Waals surface area contributed by atoms with Crippen molar-refractivity contribution < 1.29 is 18.7 Å². The van der Waals surface area contributed by atoms with Gasteiger partial charge >= 0.3 is 6.03 Å². The van der Waals surface area contributed by atoms with Crippen molar-refractivity contribution in [3.8, 4) is 17.1 Å². The van der Waals surface area contributed by atoms with Crippen LogP contribution in [0.15, 0.2) is 66.9 Å². The normalized spacial score (nSPS) is 18.7. The lowest BCUT2D eigenvalue weighted by Gasteiger charge is -2.37. The lowest BCUT2D eigenvalue weighted by Crippen LogP contribution is -2.50. The van der Waals surface area contributed by atoms with Crippen LogP contribution in [0.1, 0.15) is 54.0 Å². The molecule has 3 aliphatic rings. The van der Waals surface area contributed by atoms with Crippen molar-refractivity contribution in [3.05, 3.63) is 100.0 Å². The Morgan fingerprint density at radius 3 is 2.64 bits per heavy atom. The number of anilines is 1. The Balaban J connectivity index is 1.08. The summed E-state index contributed by atoms with van der Waals surface area (Å²) in [7, 11) is 1.91. The molecule has 0 bridgehead atoms. The summed E-state index contributed by atoms with van der Waals surface area (Å²) in [6, 6.07) is 19.1. The molecule has 226 valence electrons. The molecule has 0 spiro atoms. The molecular weight excluding hydrogens is 581 g/mol. The van der Waals surface area contributed by atoms with Crippen molar-refractivity contribution in [3.63, 3.8) is 0 Å². The zero-order chi connectivity index (χ0) is 30.4. The quantitative estimate of drug-likeness (QED) is 0.237. The topological polar surface area (TPSA) is 79.7 Å². The highest BCUT2D eigenvalue weighted by Gasteiger charge is 2.39. The SMILES string of the molecule is Cn1c(N2CCC(=O)NC2=O)cnc1-c1ccc2c(c1)C(C1CCC1)N(Cc1ccc(OCc3c(F)cccc3Cl)cc1)C2. The first-order valence-electron chi connectivity index (χ1n) is 15.0. The molecule has 1 saturated carbocycles. The first-order chi connectivity index (χ1) is 21.4. The number of imide groups is 1. The zero-order valence-electron chi connectivity index (χ0n) is 24.4. The van der Waals surface area contributed by atoms with Gasteiger partial charge in [-0.2, -0.15) is 0 Å². The second-order valence-electron chi connectivity index (χ2n) is 11.8. The molecule has 0 radical (unpaired) electrons. The molecule has 44 heavy (non-hydrogen) atoms. The summed E-state index contributed by atoms with van der Waals surface area (Å²) in [6.07, 6.45) is 5.65. The summed E-state index contributed by atoms with van der Waals surface area (Å²) in [5.74, 6) is 2.08. The number of aromatic nitrogens is 2. The van der Waals surface area contributed by atoms with Crippen LogP contribution in [0.3, 0.4) is 0 Å². The number of benzene rings is 3. The number of carbonyl (C=O) groups excluding carboxylic acids is 2. The molecule has 10 heteroatoms. The van der Waals surface area contributed by atoms with Gasteiger partial charge in [-0.3, -0.25) is 19.9 Å². The van der Waals surface area contributed by atoms with Crippen LogP contribution in [0, 0.1) is 11.7 Å². The lowest BCUT2D eigenvalue weighted by atomic mass is 9.77. The minimum Gasteiger partial charge on any atom is -0.489 e. The highest BCUT2D eigenvalue weighted by molar-refractivity contribution is 6.31. The molecule has 3 amide bonds. The smallest absolute Gasteiger partial charge is 0.329 e. The molecule has 3 heterocycles. The average Bonchev–Trinajstić information content (AvgIpc) is 3.52. The van der Waals surface area contributed by atoms with E-state index in [1.807, 2.05) is 23.7 Å². The van der Waals surface area contributed by atoms with Crippen molar-refractivity contribution >= 4 is 29.4 Å². The minimum atomic E-state index is -0.417. The van der Waals surface area contributed by atoms with Crippen LogP contribution in [0.4, 0.5) is 15.0 Å². The number of urea groups is 1. The van der Waals surface area contributed by atoms with Gasteiger partial charge in [-0.05, 0) is 65.8 Å². The van der Waals surface area contributed by atoms with E-state index >= 15 is 0 Å². The fourth-order valence-electron chi connectivity index (χ4n) is 6.58. The zero-order valence-corrected chi connectivity index (χ0v) is 25.2. The number of amides is 3. The maximum absolute atomic E-state index is 14.1. The molecule has 1 saturated heterocycles. The predicted molar refractivity (Wildman–Crippen MR) is 166 cm³/mol. The van der Waals surface area contributed by atoms with E-state index < -0.39 is 6.03 Å². The van der Waals surface area contributed by atoms with Crippen molar-refractivity contribution in [1.29, 1.82) is 0 Å². The van der Waals surface area contributed by atoms with E-state index in [0.717, 1.165) is 24.5 Å². The largest absolute Gasteiger partial charge is 0.489 e. The molecule has 1 N–H and O–H groups in total. The van der Waals surface area contributed by atoms with Crippen molar-refractivity contribution in [2.45, 2.75) is 51.4 Å². The lowest BCUT2D eigenvalue weighted by molar-refractivity contribution is -0.120. The highest BCUT2D eigenvalue weighted by Crippen LogP contribution is 2.48. The summed E-state index contributed by atoms with van der Waals surface area (Å²) in [5, 5.41) is 2.75. The molecule has 1 aromatic heterocycles. The van der Waals surface area contributed by atoms with Crippen LogP contribution in [0.2, 0.25) is 5.02 Å². The number of carbonyl (C=O) groups is 2. The third kappa shape index (κ3) is 5.35. The van der Waals surface area contributed by atoms with Gasteiger partial charge in [0.25, 0.3) is 0 Å². The van der Waals surface area contributed by atoms with Gasteiger partial charge in [0.15, 0.2) is 0 Å². The van der Waals surface area contributed by atoms with E-state index in [9.17, 15) is 14.0 Å². The van der Waals surface area contributed by atoms with E-state index in [2.05, 4.69) is 45.5 Å². The Hall–Kier alpha value is -4.21. The van der Waals surface area contributed by atoms with Gasteiger partial charge in [0, 0.05) is 50.3 Å². The number of nitrogens with zero attached hydrogens (tertiary/aromatic N) is 4. The minimum absolute atomic E-state index is 0.0702. The molecule has 1 aliphatic carbocycles. The number of rotatable bonds is 8. The summed E-state index contributed by atoms with van der Waals surface area (Å²) >= 11 is 6.15. The monoisotopic (exact) mass is 613 g/mol. The van der Waals surface area contributed by atoms with E-state index in [4.69, 9.17) is 16.3 Å². The Labute approximate surface area is 260 Å². The van der Waals surface area contributed by atoms with E-state index in [0.29, 0.717) is 40.7 Å². The standard InChI is InChI=1S/C34H33ClFN5O3/c1-39-31(41-15-14-30(42)38-34(41)43)17-37-33(39)23-10-11-24-19-40(32(26(24)16-23)22-4-2-5-22)18-21-8-12-25(13-9-21)44-20-27-28(35)6-3-7-29(27)36/h3,6-13,16-17,22,32H,2,4-5,14-15,18-20H2,1H3,(H,38,42,43). The van der Waals surface area contributed by atoms with Crippen LogP contribution in [0.25, 0.3) is 11.4 Å². The third-order valence-electron chi connectivity index (χ3n) is 9.13. The van der Waals surface area contributed by atoms with Gasteiger partial charge in [0.05, 0.1) is 11.2 Å². The van der Waals surface area contributed by atoms with Crippen LogP contribution in [0.5, 0.6) is 5.75 Å². The first kappa shape index (κ1) is 28.6. The third-order valence-corrected chi connectivity index (χ3v) is 9.49. The van der Waals surface area contributed by atoms with E-state index in [1.54, 1.807) is 23.2 Å². The van der Waals surface area contributed by atoms with Crippen molar-refractivity contribution in [2.75, 3.05) is 11.4 Å². The summed E-state index contributed by atoms with van der Waals surface area (Å²) in [6.45, 7) is 2.08. The second kappa shape index (κ2) is 11.7. The molecule has 7 rings (SSSR count).